The number of ether oxygens (including phenoxy) is 4. The predicted octanol–water partition coefficient (Wildman–Crippen LogP) is 5.69. The van der Waals surface area contributed by atoms with Gasteiger partial charge in [-0.2, -0.15) is 0 Å². The van der Waals surface area contributed by atoms with Crippen molar-refractivity contribution in [2.75, 3.05) is 34.4 Å². The quantitative estimate of drug-likeness (QED) is 0.345. The lowest BCUT2D eigenvalue weighted by atomic mass is 9.88. The van der Waals surface area contributed by atoms with Crippen molar-refractivity contribution in [3.05, 3.63) is 82.4 Å². The first-order valence-corrected chi connectivity index (χ1v) is 14.5. The zero-order valence-electron chi connectivity index (χ0n) is 25.0. The van der Waals surface area contributed by atoms with Gasteiger partial charge in [0, 0.05) is 12.6 Å². The van der Waals surface area contributed by atoms with E-state index in [0.717, 1.165) is 42.0 Å². The molecule has 0 fully saturated rings. The summed E-state index contributed by atoms with van der Waals surface area (Å²) in [6.07, 6.45) is 2.52. The number of carbonyl (C=O) groups is 1. The van der Waals surface area contributed by atoms with E-state index in [9.17, 15) is 4.79 Å². The van der Waals surface area contributed by atoms with Crippen LogP contribution in [0.5, 0.6) is 23.0 Å². The number of nitrogens with zero attached hydrogens (tertiary/aromatic N) is 1. The Labute approximate surface area is 243 Å². The number of rotatable bonds is 10. The van der Waals surface area contributed by atoms with E-state index >= 15 is 0 Å². The highest BCUT2D eigenvalue weighted by molar-refractivity contribution is 5.79. The van der Waals surface area contributed by atoms with Gasteiger partial charge in [-0.15, -0.1) is 0 Å². The lowest BCUT2D eigenvalue weighted by molar-refractivity contribution is -0.124. The van der Waals surface area contributed by atoms with Crippen LogP contribution in [0.3, 0.4) is 0 Å². The van der Waals surface area contributed by atoms with Gasteiger partial charge in [-0.25, -0.2) is 0 Å². The number of amides is 1. The SMILES string of the molecule is COc1ccc(CC2c3cc(OC(C)C)c(OC)cc3CCN2CC(=O)NC2c3ccccc3CC2C)cc1OC. The van der Waals surface area contributed by atoms with Crippen molar-refractivity contribution in [3.8, 4) is 23.0 Å². The summed E-state index contributed by atoms with van der Waals surface area (Å²) in [6.45, 7) is 7.32. The smallest absolute Gasteiger partial charge is 0.234 e. The third kappa shape index (κ3) is 6.15. The fourth-order valence-corrected chi connectivity index (χ4v) is 6.34. The maximum atomic E-state index is 13.6. The molecule has 41 heavy (non-hydrogen) atoms. The van der Waals surface area contributed by atoms with Crippen LogP contribution in [-0.4, -0.2) is 51.3 Å². The molecule has 2 aliphatic rings. The summed E-state index contributed by atoms with van der Waals surface area (Å²) in [6, 6.07) is 18.7. The molecule has 1 amide bonds. The molecule has 7 nitrogen and oxygen atoms in total. The summed E-state index contributed by atoms with van der Waals surface area (Å²) in [5.41, 5.74) is 6.05. The van der Waals surface area contributed by atoms with E-state index in [-0.39, 0.29) is 24.1 Å². The van der Waals surface area contributed by atoms with Gasteiger partial charge in [0.2, 0.25) is 5.91 Å². The zero-order valence-corrected chi connectivity index (χ0v) is 25.0. The summed E-state index contributed by atoms with van der Waals surface area (Å²) in [5.74, 6) is 3.26. The maximum Gasteiger partial charge on any atom is 0.234 e. The number of nitrogens with one attached hydrogen (secondary N) is 1. The van der Waals surface area contributed by atoms with Crippen molar-refractivity contribution in [3.63, 3.8) is 0 Å². The number of carbonyl (C=O) groups excluding carboxylic acids is 1. The van der Waals surface area contributed by atoms with Crippen molar-refractivity contribution >= 4 is 5.91 Å². The summed E-state index contributed by atoms with van der Waals surface area (Å²) in [4.78, 5) is 15.9. The van der Waals surface area contributed by atoms with E-state index in [0.29, 0.717) is 30.4 Å². The molecule has 7 heteroatoms. The highest BCUT2D eigenvalue weighted by Crippen LogP contribution is 2.41. The molecule has 0 bridgehead atoms. The maximum absolute atomic E-state index is 13.6. The molecule has 0 spiro atoms. The standard InChI is InChI=1S/C34H42N2O5/c1-21(2)41-32-19-27-25(18-31(32)40-6)13-14-36(28(27)16-23-11-12-29(38-4)30(17-23)39-5)20-33(37)35-34-22(3)15-24-9-7-8-10-26(24)34/h7-12,17-19,21-22,28,34H,13-16,20H2,1-6H3,(H,35,37). The van der Waals surface area contributed by atoms with Gasteiger partial charge in [-0.3, -0.25) is 9.69 Å². The van der Waals surface area contributed by atoms with E-state index in [1.807, 2.05) is 26.0 Å². The zero-order chi connectivity index (χ0) is 29.1. The van der Waals surface area contributed by atoms with Gasteiger partial charge in [0.05, 0.1) is 40.0 Å². The molecule has 1 aliphatic carbocycles. The molecule has 0 saturated carbocycles. The lowest BCUT2D eigenvalue weighted by Gasteiger charge is -2.38. The molecule has 3 aromatic rings. The summed E-state index contributed by atoms with van der Waals surface area (Å²) < 4.78 is 22.9. The molecule has 3 atom stereocenters. The van der Waals surface area contributed by atoms with Crippen molar-refractivity contribution in [2.24, 2.45) is 5.92 Å². The van der Waals surface area contributed by atoms with Crippen LogP contribution in [0.25, 0.3) is 0 Å². The average Bonchev–Trinajstić information content (AvgIpc) is 3.28. The van der Waals surface area contributed by atoms with Crippen molar-refractivity contribution in [2.45, 2.75) is 58.2 Å². The molecule has 1 heterocycles. The Morgan fingerprint density at radius 3 is 2.37 bits per heavy atom. The average molecular weight is 559 g/mol. The van der Waals surface area contributed by atoms with Crippen LogP contribution in [0.15, 0.2) is 54.6 Å². The molecular weight excluding hydrogens is 516 g/mol. The number of methoxy groups -OCH3 is 3. The summed E-state index contributed by atoms with van der Waals surface area (Å²) in [5, 5.41) is 3.37. The normalized spacial score (nSPS) is 19.8. The Morgan fingerprint density at radius 2 is 1.63 bits per heavy atom. The fourth-order valence-electron chi connectivity index (χ4n) is 6.34. The molecule has 0 saturated heterocycles. The van der Waals surface area contributed by atoms with Crippen LogP contribution in [0, 0.1) is 5.92 Å². The second-order valence-electron chi connectivity index (χ2n) is 11.4. The topological polar surface area (TPSA) is 69.3 Å². The lowest BCUT2D eigenvalue weighted by Crippen LogP contribution is -2.44. The Hall–Kier alpha value is -3.71. The first-order valence-electron chi connectivity index (χ1n) is 14.5. The number of hydrogen-bond acceptors (Lipinski definition) is 6. The molecule has 1 aliphatic heterocycles. The Balaban J connectivity index is 1.45. The third-order valence-corrected chi connectivity index (χ3v) is 8.30. The van der Waals surface area contributed by atoms with Crippen molar-refractivity contribution in [1.29, 1.82) is 0 Å². The van der Waals surface area contributed by atoms with Crippen LogP contribution >= 0.6 is 0 Å². The fraction of sp³-hybridized carbons (Fsp3) is 0.441. The second-order valence-corrected chi connectivity index (χ2v) is 11.4. The molecule has 3 unspecified atom stereocenters. The largest absolute Gasteiger partial charge is 0.493 e. The van der Waals surface area contributed by atoms with E-state index in [1.165, 1.54) is 16.7 Å². The molecule has 0 aromatic heterocycles. The van der Waals surface area contributed by atoms with Crippen molar-refractivity contribution in [1.82, 2.24) is 10.2 Å². The van der Waals surface area contributed by atoms with Gasteiger partial charge in [-0.1, -0.05) is 37.3 Å². The molecule has 0 radical (unpaired) electrons. The van der Waals surface area contributed by atoms with Gasteiger partial charge in [0.15, 0.2) is 23.0 Å². The van der Waals surface area contributed by atoms with Crippen LogP contribution in [0.1, 0.15) is 60.7 Å². The van der Waals surface area contributed by atoms with Crippen LogP contribution in [-0.2, 0) is 24.1 Å². The van der Waals surface area contributed by atoms with Crippen LogP contribution in [0.2, 0.25) is 0 Å². The molecule has 1 N–H and O–H groups in total. The summed E-state index contributed by atoms with van der Waals surface area (Å²) >= 11 is 0. The first-order chi connectivity index (χ1) is 19.8. The monoisotopic (exact) mass is 558 g/mol. The van der Waals surface area contributed by atoms with Crippen LogP contribution in [0.4, 0.5) is 0 Å². The highest BCUT2D eigenvalue weighted by Gasteiger charge is 2.34. The van der Waals surface area contributed by atoms with Gasteiger partial charge in [0.25, 0.3) is 0 Å². The molecular formula is C34H42N2O5. The molecule has 218 valence electrons. The highest BCUT2D eigenvalue weighted by atomic mass is 16.5. The van der Waals surface area contributed by atoms with E-state index < -0.39 is 0 Å². The van der Waals surface area contributed by atoms with Crippen LogP contribution < -0.4 is 24.3 Å². The Bertz CT molecular complexity index is 1390. The van der Waals surface area contributed by atoms with E-state index in [2.05, 4.69) is 59.6 Å². The van der Waals surface area contributed by atoms with Crippen molar-refractivity contribution < 1.29 is 23.7 Å². The van der Waals surface area contributed by atoms with Gasteiger partial charge >= 0.3 is 0 Å². The minimum absolute atomic E-state index is 0.00741. The Kier molecular flexibility index (Phi) is 8.74. The van der Waals surface area contributed by atoms with Gasteiger partial charge < -0.3 is 24.3 Å². The van der Waals surface area contributed by atoms with E-state index in [4.69, 9.17) is 18.9 Å². The van der Waals surface area contributed by atoms with Gasteiger partial charge in [-0.05, 0) is 91.1 Å². The number of fused-ring (bicyclic) bond motifs is 2. The molecule has 3 aromatic carbocycles. The summed E-state index contributed by atoms with van der Waals surface area (Å²) in [7, 11) is 4.97. The third-order valence-electron chi connectivity index (χ3n) is 8.30. The minimum atomic E-state index is -0.0312. The predicted molar refractivity (Wildman–Crippen MR) is 160 cm³/mol. The number of benzene rings is 3. The second kappa shape index (κ2) is 12.4. The number of hydrogen-bond donors (Lipinski definition) is 1. The van der Waals surface area contributed by atoms with Gasteiger partial charge in [0.1, 0.15) is 0 Å². The Morgan fingerprint density at radius 1 is 0.902 bits per heavy atom. The van der Waals surface area contributed by atoms with E-state index in [1.54, 1.807) is 21.3 Å². The first kappa shape index (κ1) is 28.8. The molecule has 5 rings (SSSR count). The minimum Gasteiger partial charge on any atom is -0.493 e.